The van der Waals surface area contributed by atoms with E-state index < -0.39 is 0 Å². The quantitative estimate of drug-likeness (QED) is 0.349. The summed E-state index contributed by atoms with van der Waals surface area (Å²) in [5, 5.41) is 2.59. The molecule has 1 unspecified atom stereocenters. The second kappa shape index (κ2) is 12.2. The van der Waals surface area contributed by atoms with Crippen molar-refractivity contribution in [2.75, 3.05) is 6.61 Å². The molecule has 144 valence electrons. The Morgan fingerprint density at radius 1 is 1.12 bits per heavy atom. The molecule has 6 nitrogen and oxygen atoms in total. The number of carbonyl (C=O) groups excluding carboxylic acids is 2. The van der Waals surface area contributed by atoms with Crippen molar-refractivity contribution in [2.24, 2.45) is 0 Å². The van der Waals surface area contributed by atoms with E-state index in [-0.39, 0.29) is 23.5 Å². The minimum atomic E-state index is -0.383. The minimum Gasteiger partial charge on any atom is -0.483 e. The van der Waals surface area contributed by atoms with Crippen LogP contribution in [0.1, 0.15) is 64.4 Å². The lowest BCUT2D eigenvalue weighted by Crippen LogP contribution is -2.49. The standard InChI is InChI=1S/C19H29N3O3S/c1-4-6-7-12-17(23)20-19(26)22-21-18(24)13-25-16-11-9-8-10-15(16)14(3)5-2/h8-11,14H,4-7,12-13H2,1-3H3,(H,21,24)(H2,20,22,23,26). The van der Waals surface area contributed by atoms with Crippen LogP contribution in [0, 0.1) is 0 Å². The molecule has 26 heavy (non-hydrogen) atoms. The van der Waals surface area contributed by atoms with Gasteiger partial charge in [-0.15, -0.1) is 0 Å². The molecule has 0 heterocycles. The van der Waals surface area contributed by atoms with Gasteiger partial charge in [-0.05, 0) is 42.6 Å². The highest BCUT2D eigenvalue weighted by Gasteiger charge is 2.11. The van der Waals surface area contributed by atoms with E-state index in [1.807, 2.05) is 24.3 Å². The predicted molar refractivity (Wildman–Crippen MR) is 107 cm³/mol. The molecule has 0 saturated heterocycles. The third-order valence-corrected chi connectivity index (χ3v) is 4.20. The summed E-state index contributed by atoms with van der Waals surface area (Å²) in [6.45, 7) is 6.15. The molecule has 0 radical (unpaired) electrons. The number of benzene rings is 1. The second-order valence-corrected chi connectivity index (χ2v) is 6.55. The predicted octanol–water partition coefficient (Wildman–Crippen LogP) is 3.18. The topological polar surface area (TPSA) is 79.5 Å². The first-order valence-corrected chi connectivity index (χ1v) is 9.49. The van der Waals surface area contributed by atoms with Crippen LogP contribution in [0.15, 0.2) is 24.3 Å². The number of thiocarbonyl (C=S) groups is 1. The normalized spacial score (nSPS) is 11.3. The monoisotopic (exact) mass is 379 g/mol. The minimum absolute atomic E-state index is 0.0693. The van der Waals surface area contributed by atoms with Gasteiger partial charge < -0.3 is 10.1 Å². The smallest absolute Gasteiger partial charge is 0.276 e. The second-order valence-electron chi connectivity index (χ2n) is 6.14. The molecule has 0 spiro atoms. The van der Waals surface area contributed by atoms with Gasteiger partial charge in [0.25, 0.3) is 5.91 Å². The molecule has 0 aliphatic carbocycles. The summed E-state index contributed by atoms with van der Waals surface area (Å²) in [5.74, 6) is 0.502. The zero-order valence-corrected chi connectivity index (χ0v) is 16.6. The zero-order chi connectivity index (χ0) is 19.4. The molecule has 2 amide bonds. The Kier molecular flexibility index (Phi) is 10.3. The van der Waals surface area contributed by atoms with Crippen LogP contribution in [0.4, 0.5) is 0 Å². The first kappa shape index (κ1) is 21.9. The van der Waals surface area contributed by atoms with Crippen molar-refractivity contribution in [2.45, 2.75) is 58.8 Å². The molecule has 0 fully saturated rings. The van der Waals surface area contributed by atoms with Gasteiger partial charge in [0.15, 0.2) is 11.7 Å². The molecule has 0 bridgehead atoms. The van der Waals surface area contributed by atoms with E-state index in [0.717, 1.165) is 31.2 Å². The molecule has 1 rings (SSSR count). The zero-order valence-electron chi connectivity index (χ0n) is 15.8. The van der Waals surface area contributed by atoms with Crippen molar-refractivity contribution in [3.63, 3.8) is 0 Å². The molecule has 3 N–H and O–H groups in total. The maximum absolute atomic E-state index is 11.9. The largest absolute Gasteiger partial charge is 0.483 e. The average molecular weight is 380 g/mol. The van der Waals surface area contributed by atoms with Crippen molar-refractivity contribution in [3.05, 3.63) is 29.8 Å². The van der Waals surface area contributed by atoms with E-state index in [4.69, 9.17) is 17.0 Å². The van der Waals surface area contributed by atoms with Crippen LogP contribution in [0.25, 0.3) is 0 Å². The molecule has 1 aromatic carbocycles. The number of para-hydroxylation sites is 1. The van der Waals surface area contributed by atoms with Gasteiger partial charge in [0, 0.05) is 6.42 Å². The lowest BCUT2D eigenvalue weighted by molar-refractivity contribution is -0.124. The maximum Gasteiger partial charge on any atom is 0.276 e. The Bertz CT molecular complexity index is 607. The van der Waals surface area contributed by atoms with Gasteiger partial charge in [-0.3, -0.25) is 20.4 Å². The van der Waals surface area contributed by atoms with Crippen molar-refractivity contribution >= 4 is 29.1 Å². The van der Waals surface area contributed by atoms with Crippen LogP contribution in [0.5, 0.6) is 5.75 Å². The molecule has 0 aliphatic rings. The molecular formula is C19H29N3O3S. The molecule has 1 aromatic rings. The Labute approximate surface area is 161 Å². The van der Waals surface area contributed by atoms with Crippen LogP contribution < -0.4 is 20.9 Å². The maximum atomic E-state index is 11.9. The number of hydrazine groups is 1. The Hall–Kier alpha value is -2.15. The average Bonchev–Trinajstić information content (AvgIpc) is 2.64. The van der Waals surface area contributed by atoms with Crippen molar-refractivity contribution < 1.29 is 14.3 Å². The highest BCUT2D eigenvalue weighted by Crippen LogP contribution is 2.28. The Balaban J connectivity index is 2.35. The van der Waals surface area contributed by atoms with Crippen LogP contribution >= 0.6 is 12.2 Å². The van der Waals surface area contributed by atoms with Crippen LogP contribution in [0.2, 0.25) is 0 Å². The van der Waals surface area contributed by atoms with Gasteiger partial charge in [-0.2, -0.15) is 0 Å². The summed E-state index contributed by atoms with van der Waals surface area (Å²) in [5.41, 5.74) is 6.00. The van der Waals surface area contributed by atoms with E-state index in [9.17, 15) is 9.59 Å². The molecule has 0 aromatic heterocycles. The van der Waals surface area contributed by atoms with E-state index in [1.165, 1.54) is 0 Å². The van der Waals surface area contributed by atoms with E-state index in [2.05, 4.69) is 36.9 Å². The van der Waals surface area contributed by atoms with Gasteiger partial charge in [-0.1, -0.05) is 51.8 Å². The number of nitrogens with one attached hydrogen (secondary N) is 3. The van der Waals surface area contributed by atoms with Gasteiger partial charge in [0.2, 0.25) is 5.91 Å². The number of hydrogen-bond acceptors (Lipinski definition) is 4. The van der Waals surface area contributed by atoms with Gasteiger partial charge in [0.05, 0.1) is 0 Å². The Morgan fingerprint density at radius 3 is 2.54 bits per heavy atom. The Morgan fingerprint density at radius 2 is 1.85 bits per heavy atom. The van der Waals surface area contributed by atoms with E-state index in [0.29, 0.717) is 18.1 Å². The summed E-state index contributed by atoms with van der Waals surface area (Å²) in [6, 6.07) is 7.68. The molecule has 7 heteroatoms. The third kappa shape index (κ3) is 8.29. The lowest BCUT2D eigenvalue weighted by atomic mass is 9.98. The summed E-state index contributed by atoms with van der Waals surface area (Å²) in [7, 11) is 0. The van der Waals surface area contributed by atoms with Crippen molar-refractivity contribution in [1.82, 2.24) is 16.2 Å². The fraction of sp³-hybridized carbons (Fsp3) is 0.526. The van der Waals surface area contributed by atoms with Crippen LogP contribution in [-0.4, -0.2) is 23.5 Å². The SMILES string of the molecule is CCCCCC(=O)NC(=S)NNC(=O)COc1ccccc1C(C)CC. The van der Waals surface area contributed by atoms with Gasteiger partial charge in [-0.25, -0.2) is 0 Å². The number of amides is 2. The number of hydrogen-bond donors (Lipinski definition) is 3. The summed E-state index contributed by atoms with van der Waals surface area (Å²) < 4.78 is 5.62. The lowest BCUT2D eigenvalue weighted by Gasteiger charge is -2.16. The molecule has 1 atom stereocenters. The van der Waals surface area contributed by atoms with Gasteiger partial charge in [0.1, 0.15) is 5.75 Å². The van der Waals surface area contributed by atoms with Crippen molar-refractivity contribution in [3.8, 4) is 5.75 Å². The number of ether oxygens (including phenoxy) is 1. The summed E-state index contributed by atoms with van der Waals surface area (Å²) >= 11 is 4.98. The fourth-order valence-corrected chi connectivity index (χ4v) is 2.47. The van der Waals surface area contributed by atoms with Crippen LogP contribution in [0.3, 0.4) is 0 Å². The number of unbranched alkanes of at least 4 members (excludes halogenated alkanes) is 2. The van der Waals surface area contributed by atoms with Crippen LogP contribution in [-0.2, 0) is 9.59 Å². The third-order valence-electron chi connectivity index (χ3n) is 4.00. The van der Waals surface area contributed by atoms with Gasteiger partial charge >= 0.3 is 0 Å². The summed E-state index contributed by atoms with van der Waals surface area (Å²) in [6.07, 6.45) is 4.27. The molecule has 0 aliphatic heterocycles. The molecule has 0 saturated carbocycles. The molecular weight excluding hydrogens is 350 g/mol. The number of carbonyl (C=O) groups is 2. The van der Waals surface area contributed by atoms with E-state index >= 15 is 0 Å². The highest BCUT2D eigenvalue weighted by atomic mass is 32.1. The first-order chi connectivity index (χ1) is 12.5. The highest BCUT2D eigenvalue weighted by molar-refractivity contribution is 7.80. The van der Waals surface area contributed by atoms with E-state index in [1.54, 1.807) is 0 Å². The fourth-order valence-electron chi connectivity index (χ4n) is 2.30. The first-order valence-electron chi connectivity index (χ1n) is 9.08. The summed E-state index contributed by atoms with van der Waals surface area (Å²) in [4.78, 5) is 23.5. The van der Waals surface area contributed by atoms with Crippen molar-refractivity contribution in [1.29, 1.82) is 0 Å². The number of rotatable bonds is 9.